The van der Waals surface area contributed by atoms with Gasteiger partial charge in [-0.15, -0.1) is 0 Å². The fourth-order valence-corrected chi connectivity index (χ4v) is 1.34. The van der Waals surface area contributed by atoms with Gasteiger partial charge in [-0.1, -0.05) is 0 Å². The van der Waals surface area contributed by atoms with Crippen molar-refractivity contribution in [1.82, 2.24) is 4.98 Å². The van der Waals surface area contributed by atoms with Gasteiger partial charge in [-0.05, 0) is 28.1 Å². The molecule has 0 radical (unpaired) electrons. The van der Waals surface area contributed by atoms with E-state index in [1.807, 2.05) is 0 Å². The molecule has 1 aromatic heterocycles. The van der Waals surface area contributed by atoms with E-state index in [9.17, 15) is 13.2 Å². The van der Waals surface area contributed by atoms with E-state index in [0.717, 1.165) is 4.47 Å². The van der Waals surface area contributed by atoms with Crippen LogP contribution in [0.15, 0.2) is 22.8 Å². The fourth-order valence-electron chi connectivity index (χ4n) is 1.11. The molecule has 0 bridgehead atoms. The first-order valence-corrected chi connectivity index (χ1v) is 5.01. The third-order valence-corrected chi connectivity index (χ3v) is 2.17. The summed E-state index contributed by atoms with van der Waals surface area (Å²) < 4.78 is 36.4. The molecular weight excluding hydrogens is 275 g/mol. The summed E-state index contributed by atoms with van der Waals surface area (Å²) in [6.45, 7) is 0. The van der Waals surface area contributed by atoms with Gasteiger partial charge in [0.1, 0.15) is 0 Å². The maximum absolute atomic E-state index is 11.9. The van der Waals surface area contributed by atoms with Gasteiger partial charge < -0.3 is 5.11 Å². The highest BCUT2D eigenvalue weighted by atomic mass is 79.9. The molecule has 2 nitrogen and oxygen atoms in total. The van der Waals surface area contributed by atoms with Crippen LogP contribution in [0, 0.1) is 0 Å². The topological polar surface area (TPSA) is 33.1 Å². The van der Waals surface area contributed by atoms with Gasteiger partial charge in [-0.2, -0.15) is 13.2 Å². The first kappa shape index (κ1) is 12.4. The quantitative estimate of drug-likeness (QED) is 0.925. The van der Waals surface area contributed by atoms with E-state index in [2.05, 4.69) is 20.9 Å². The minimum absolute atomic E-state index is 0.0905. The summed E-state index contributed by atoms with van der Waals surface area (Å²) in [4.78, 5) is 3.87. The Bertz CT molecular complexity index is 312. The number of aliphatic hydroxyl groups excluding tert-OH is 1. The van der Waals surface area contributed by atoms with Crippen LogP contribution in [-0.2, 0) is 6.42 Å². The van der Waals surface area contributed by atoms with Crippen LogP contribution in [0.4, 0.5) is 13.2 Å². The SMILES string of the molecule is OC(Cc1ccc(Br)cn1)CC(F)(F)F. The van der Waals surface area contributed by atoms with Crippen molar-refractivity contribution in [3.63, 3.8) is 0 Å². The Morgan fingerprint density at radius 1 is 1.40 bits per heavy atom. The lowest BCUT2D eigenvalue weighted by molar-refractivity contribution is -0.153. The van der Waals surface area contributed by atoms with Crippen molar-refractivity contribution in [3.05, 3.63) is 28.5 Å². The molecule has 0 aliphatic heterocycles. The van der Waals surface area contributed by atoms with Gasteiger partial charge in [0.15, 0.2) is 0 Å². The van der Waals surface area contributed by atoms with Gasteiger partial charge in [0.25, 0.3) is 0 Å². The number of aliphatic hydroxyl groups is 1. The molecule has 1 N–H and O–H groups in total. The van der Waals surface area contributed by atoms with Gasteiger partial charge in [-0.3, -0.25) is 4.98 Å². The monoisotopic (exact) mass is 283 g/mol. The summed E-state index contributed by atoms with van der Waals surface area (Å²) in [5.74, 6) is 0. The van der Waals surface area contributed by atoms with Crippen molar-refractivity contribution >= 4 is 15.9 Å². The van der Waals surface area contributed by atoms with Gasteiger partial charge in [0, 0.05) is 22.8 Å². The van der Waals surface area contributed by atoms with E-state index in [4.69, 9.17) is 5.11 Å². The van der Waals surface area contributed by atoms with Gasteiger partial charge >= 0.3 is 6.18 Å². The lowest BCUT2D eigenvalue weighted by atomic mass is 10.1. The molecule has 0 saturated heterocycles. The second kappa shape index (κ2) is 4.94. The van der Waals surface area contributed by atoms with Crippen molar-refractivity contribution in [2.75, 3.05) is 0 Å². The molecule has 0 fully saturated rings. The van der Waals surface area contributed by atoms with Gasteiger partial charge in [0.05, 0.1) is 12.5 Å². The lowest BCUT2D eigenvalue weighted by Crippen LogP contribution is -2.21. The highest BCUT2D eigenvalue weighted by Crippen LogP contribution is 2.22. The Morgan fingerprint density at radius 3 is 2.53 bits per heavy atom. The Hall–Kier alpha value is -0.620. The smallest absolute Gasteiger partial charge is 0.391 e. The minimum atomic E-state index is -4.34. The van der Waals surface area contributed by atoms with Crippen molar-refractivity contribution in [2.45, 2.75) is 25.1 Å². The van der Waals surface area contributed by atoms with Crippen molar-refractivity contribution in [3.8, 4) is 0 Å². The third-order valence-electron chi connectivity index (χ3n) is 1.70. The van der Waals surface area contributed by atoms with Gasteiger partial charge in [-0.25, -0.2) is 0 Å². The largest absolute Gasteiger partial charge is 0.392 e. The van der Waals surface area contributed by atoms with E-state index in [1.165, 1.54) is 6.20 Å². The summed E-state index contributed by atoms with van der Waals surface area (Å²) >= 11 is 3.16. The average molecular weight is 284 g/mol. The van der Waals surface area contributed by atoms with Crippen LogP contribution in [0.5, 0.6) is 0 Å². The fraction of sp³-hybridized carbons (Fsp3) is 0.444. The summed E-state index contributed by atoms with van der Waals surface area (Å²) in [6.07, 6.45) is -5.58. The first-order chi connectivity index (χ1) is 6.87. The third kappa shape index (κ3) is 5.13. The molecule has 0 saturated carbocycles. The molecule has 1 aromatic rings. The standard InChI is InChI=1S/C9H9BrF3NO/c10-6-1-2-7(14-5-6)3-8(15)4-9(11,12)13/h1-2,5,8,15H,3-4H2. The van der Waals surface area contributed by atoms with Crippen molar-refractivity contribution < 1.29 is 18.3 Å². The summed E-state index contributed by atoms with van der Waals surface area (Å²) in [6, 6.07) is 3.24. The molecule has 84 valence electrons. The van der Waals surface area contributed by atoms with E-state index < -0.39 is 18.7 Å². The molecule has 1 unspecified atom stereocenters. The van der Waals surface area contributed by atoms with Crippen LogP contribution in [0.1, 0.15) is 12.1 Å². The van der Waals surface area contributed by atoms with E-state index in [-0.39, 0.29) is 6.42 Å². The number of hydrogen-bond acceptors (Lipinski definition) is 2. The zero-order valence-corrected chi connectivity index (χ0v) is 9.22. The second-order valence-electron chi connectivity index (χ2n) is 3.15. The predicted octanol–water partition coefficient (Wildman–Crippen LogP) is 2.70. The van der Waals surface area contributed by atoms with Crippen LogP contribution >= 0.6 is 15.9 Å². The number of hydrogen-bond donors (Lipinski definition) is 1. The molecular formula is C9H9BrF3NO. The van der Waals surface area contributed by atoms with Crippen molar-refractivity contribution in [1.29, 1.82) is 0 Å². The number of nitrogens with zero attached hydrogens (tertiary/aromatic N) is 1. The molecule has 15 heavy (non-hydrogen) atoms. The maximum Gasteiger partial charge on any atom is 0.391 e. The lowest BCUT2D eigenvalue weighted by Gasteiger charge is -2.12. The Balaban J connectivity index is 2.51. The van der Waals surface area contributed by atoms with Crippen LogP contribution in [-0.4, -0.2) is 22.4 Å². The molecule has 0 aliphatic rings. The summed E-state index contributed by atoms with van der Waals surface area (Å²) in [7, 11) is 0. The Kier molecular flexibility index (Phi) is 4.10. The average Bonchev–Trinajstić information content (AvgIpc) is 2.05. The number of aromatic nitrogens is 1. The van der Waals surface area contributed by atoms with Crippen LogP contribution in [0.2, 0.25) is 0 Å². The van der Waals surface area contributed by atoms with Crippen LogP contribution in [0.3, 0.4) is 0 Å². The molecule has 1 atom stereocenters. The number of pyridine rings is 1. The van der Waals surface area contributed by atoms with E-state index in [0.29, 0.717) is 5.69 Å². The molecule has 0 aromatic carbocycles. The maximum atomic E-state index is 11.9. The Morgan fingerprint density at radius 2 is 2.07 bits per heavy atom. The molecule has 1 rings (SSSR count). The van der Waals surface area contributed by atoms with Gasteiger partial charge in [0.2, 0.25) is 0 Å². The number of halogens is 4. The van der Waals surface area contributed by atoms with Crippen LogP contribution < -0.4 is 0 Å². The highest BCUT2D eigenvalue weighted by molar-refractivity contribution is 9.10. The zero-order valence-electron chi connectivity index (χ0n) is 7.63. The molecule has 1 heterocycles. The van der Waals surface area contributed by atoms with E-state index >= 15 is 0 Å². The summed E-state index contributed by atoms with van der Waals surface area (Å²) in [5.41, 5.74) is 0.440. The minimum Gasteiger partial charge on any atom is -0.392 e. The zero-order chi connectivity index (χ0) is 11.5. The molecule has 6 heteroatoms. The molecule has 0 aliphatic carbocycles. The Labute approximate surface area is 93.3 Å². The highest BCUT2D eigenvalue weighted by Gasteiger charge is 2.31. The van der Waals surface area contributed by atoms with Crippen molar-refractivity contribution in [2.24, 2.45) is 0 Å². The summed E-state index contributed by atoms with van der Waals surface area (Å²) in [5, 5.41) is 9.14. The number of alkyl halides is 3. The normalized spacial score (nSPS) is 13.9. The number of rotatable bonds is 3. The van der Waals surface area contributed by atoms with Crippen LogP contribution in [0.25, 0.3) is 0 Å². The van der Waals surface area contributed by atoms with E-state index in [1.54, 1.807) is 12.1 Å². The first-order valence-electron chi connectivity index (χ1n) is 4.22. The predicted molar refractivity (Wildman–Crippen MR) is 52.3 cm³/mol. The molecule has 0 amide bonds. The molecule has 0 spiro atoms. The second-order valence-corrected chi connectivity index (χ2v) is 4.06.